The fraction of sp³-hybridized carbons (Fsp3) is 0.318. The van der Waals surface area contributed by atoms with E-state index in [1.54, 1.807) is 30.3 Å². The number of hydrogen-bond acceptors (Lipinski definition) is 7. The molecular formula is C22H22ClN5O4. The lowest BCUT2D eigenvalue weighted by Crippen LogP contribution is -2.43. The number of methoxy groups -OCH3 is 1. The highest BCUT2D eigenvalue weighted by molar-refractivity contribution is 6.32. The van der Waals surface area contributed by atoms with Crippen LogP contribution in [0, 0.1) is 0 Å². The van der Waals surface area contributed by atoms with E-state index in [1.807, 2.05) is 12.1 Å². The van der Waals surface area contributed by atoms with E-state index in [9.17, 15) is 14.4 Å². The number of fused-ring (bicyclic) bond motifs is 1. The lowest BCUT2D eigenvalue weighted by molar-refractivity contribution is -0.123. The van der Waals surface area contributed by atoms with E-state index in [2.05, 4.69) is 29.5 Å². The zero-order valence-corrected chi connectivity index (χ0v) is 18.5. The number of carbonyl (C=O) groups is 3. The molecule has 1 fully saturated rings. The first kappa shape index (κ1) is 21.8. The molecule has 32 heavy (non-hydrogen) atoms. The third kappa shape index (κ3) is 3.91. The highest BCUT2D eigenvalue weighted by Gasteiger charge is 2.55. The van der Waals surface area contributed by atoms with E-state index in [1.165, 1.54) is 12.1 Å². The molecule has 9 nitrogen and oxygen atoms in total. The lowest BCUT2D eigenvalue weighted by atomic mass is 10.0. The smallest absolute Gasteiger partial charge is 0.263 e. The molecule has 10 heteroatoms. The maximum atomic E-state index is 13.1. The van der Waals surface area contributed by atoms with Crippen molar-refractivity contribution in [2.24, 2.45) is 10.3 Å². The molecule has 2 aliphatic heterocycles. The van der Waals surface area contributed by atoms with Gasteiger partial charge in [0.25, 0.3) is 11.8 Å². The second kappa shape index (κ2) is 8.58. The van der Waals surface area contributed by atoms with E-state index >= 15 is 0 Å². The Kier molecular flexibility index (Phi) is 5.84. The number of carbonyl (C=O) groups excluding carboxylic acids is 3. The molecule has 0 aromatic heterocycles. The van der Waals surface area contributed by atoms with E-state index in [-0.39, 0.29) is 6.54 Å². The van der Waals surface area contributed by atoms with Crippen molar-refractivity contribution in [1.29, 1.82) is 0 Å². The Bertz CT molecular complexity index is 1100. The van der Waals surface area contributed by atoms with Crippen LogP contribution in [-0.4, -0.2) is 48.5 Å². The summed E-state index contributed by atoms with van der Waals surface area (Å²) >= 11 is 6.08. The third-order valence-corrected chi connectivity index (χ3v) is 5.71. The number of rotatable bonds is 6. The summed E-state index contributed by atoms with van der Waals surface area (Å²) in [5.41, 5.74) is 2.05. The molecule has 2 aromatic rings. The summed E-state index contributed by atoms with van der Waals surface area (Å²) in [6.07, 6.45) is 0. The van der Waals surface area contributed by atoms with E-state index in [0.29, 0.717) is 28.1 Å². The number of amides is 3. The minimum Gasteiger partial charge on any atom is -0.495 e. The van der Waals surface area contributed by atoms with Crippen LogP contribution in [0.5, 0.6) is 5.75 Å². The van der Waals surface area contributed by atoms with Gasteiger partial charge in [0.05, 0.1) is 17.8 Å². The first-order valence-corrected chi connectivity index (χ1v) is 10.5. The standard InChI is InChI=1S/C22H22ClN5O4/c1-12(2)13-4-7-15(8-5-13)28-21(30)19-20(22(28)31)27(26-25-19)11-18(29)24-14-6-9-17(32-3)16(23)10-14/h4-10,12,19-20H,11H2,1-3H3,(H,24,29)/t19-,20-/m0/s1. The largest absolute Gasteiger partial charge is 0.495 e. The van der Waals surface area contributed by atoms with Crippen molar-refractivity contribution in [3.05, 3.63) is 53.1 Å². The number of ether oxygens (including phenoxy) is 1. The maximum Gasteiger partial charge on any atom is 0.263 e. The first-order chi connectivity index (χ1) is 15.3. The predicted octanol–water partition coefficient (Wildman–Crippen LogP) is 3.40. The zero-order valence-electron chi connectivity index (χ0n) is 17.8. The monoisotopic (exact) mass is 455 g/mol. The van der Waals surface area contributed by atoms with Gasteiger partial charge >= 0.3 is 0 Å². The second-order valence-corrected chi connectivity index (χ2v) is 8.25. The summed E-state index contributed by atoms with van der Waals surface area (Å²) in [6.45, 7) is 3.89. The van der Waals surface area contributed by atoms with Gasteiger partial charge < -0.3 is 10.1 Å². The van der Waals surface area contributed by atoms with Crippen LogP contribution < -0.4 is 15.0 Å². The summed E-state index contributed by atoms with van der Waals surface area (Å²) in [6, 6.07) is 10.2. The van der Waals surface area contributed by atoms with Crippen LogP contribution in [0.3, 0.4) is 0 Å². The molecule has 0 bridgehead atoms. The molecule has 2 heterocycles. The number of benzene rings is 2. The lowest BCUT2D eigenvalue weighted by Gasteiger charge is -2.20. The van der Waals surface area contributed by atoms with Gasteiger partial charge in [-0.25, -0.2) is 4.90 Å². The molecule has 0 aliphatic carbocycles. The van der Waals surface area contributed by atoms with Crippen molar-refractivity contribution in [2.45, 2.75) is 31.8 Å². The summed E-state index contributed by atoms with van der Waals surface area (Å²) < 4.78 is 5.09. The summed E-state index contributed by atoms with van der Waals surface area (Å²) in [5.74, 6) is -0.520. The average Bonchev–Trinajstić information content (AvgIpc) is 3.27. The summed E-state index contributed by atoms with van der Waals surface area (Å²) in [7, 11) is 1.50. The SMILES string of the molecule is COc1ccc(NC(=O)CN2N=N[C@@H]3C(=O)N(c4ccc(C(C)C)cc4)C(=O)[C@H]32)cc1Cl. The van der Waals surface area contributed by atoms with Gasteiger partial charge in [-0.15, -0.1) is 0 Å². The van der Waals surface area contributed by atoms with Crippen molar-refractivity contribution >= 4 is 40.7 Å². The zero-order chi connectivity index (χ0) is 23.0. The van der Waals surface area contributed by atoms with Crippen LogP contribution in [0.2, 0.25) is 5.02 Å². The van der Waals surface area contributed by atoms with Gasteiger partial charge in [-0.05, 0) is 41.8 Å². The molecule has 1 N–H and O–H groups in total. The second-order valence-electron chi connectivity index (χ2n) is 7.85. The third-order valence-electron chi connectivity index (χ3n) is 5.42. The number of nitrogens with one attached hydrogen (secondary N) is 1. The molecule has 166 valence electrons. The summed E-state index contributed by atoms with van der Waals surface area (Å²) in [5, 5.41) is 12.1. The fourth-order valence-corrected chi connectivity index (χ4v) is 3.97. The van der Waals surface area contributed by atoms with Gasteiger partial charge in [0.2, 0.25) is 5.91 Å². The van der Waals surface area contributed by atoms with Crippen LogP contribution in [0.25, 0.3) is 0 Å². The Morgan fingerprint density at radius 3 is 2.50 bits per heavy atom. The Hall–Kier alpha value is -3.46. The van der Waals surface area contributed by atoms with Crippen LogP contribution in [0.1, 0.15) is 25.3 Å². The Labute approximate surface area is 190 Å². The molecular weight excluding hydrogens is 434 g/mol. The number of hydrogen-bond donors (Lipinski definition) is 1. The van der Waals surface area contributed by atoms with Crippen LogP contribution in [0.15, 0.2) is 52.8 Å². The number of imide groups is 1. The molecule has 2 atom stereocenters. The molecule has 0 saturated carbocycles. The Morgan fingerprint density at radius 1 is 1.16 bits per heavy atom. The van der Waals surface area contributed by atoms with Crippen molar-refractivity contribution in [2.75, 3.05) is 23.9 Å². The van der Waals surface area contributed by atoms with E-state index < -0.39 is 29.8 Å². The highest BCUT2D eigenvalue weighted by Crippen LogP contribution is 2.32. The summed E-state index contributed by atoms with van der Waals surface area (Å²) in [4.78, 5) is 39.5. The van der Waals surface area contributed by atoms with Crippen LogP contribution >= 0.6 is 11.6 Å². The quantitative estimate of drug-likeness (QED) is 0.672. The minimum absolute atomic E-state index is 0.243. The molecule has 0 radical (unpaired) electrons. The Balaban J connectivity index is 1.46. The van der Waals surface area contributed by atoms with Crippen LogP contribution in [0.4, 0.5) is 11.4 Å². The van der Waals surface area contributed by atoms with Gasteiger partial charge in [0.15, 0.2) is 12.1 Å². The van der Waals surface area contributed by atoms with Gasteiger partial charge in [-0.2, -0.15) is 5.11 Å². The topological polar surface area (TPSA) is 104 Å². The molecule has 0 spiro atoms. The normalized spacial score (nSPS) is 19.7. The Morgan fingerprint density at radius 2 is 1.88 bits per heavy atom. The molecule has 4 rings (SSSR count). The molecule has 1 saturated heterocycles. The minimum atomic E-state index is -0.962. The molecule has 3 amide bonds. The van der Waals surface area contributed by atoms with Crippen molar-refractivity contribution in [3.8, 4) is 5.75 Å². The number of nitrogens with zero attached hydrogens (tertiary/aromatic N) is 4. The predicted molar refractivity (Wildman–Crippen MR) is 119 cm³/mol. The average molecular weight is 456 g/mol. The van der Waals surface area contributed by atoms with Crippen LogP contribution in [-0.2, 0) is 14.4 Å². The fourth-order valence-electron chi connectivity index (χ4n) is 3.71. The van der Waals surface area contributed by atoms with Crippen molar-refractivity contribution in [1.82, 2.24) is 5.01 Å². The van der Waals surface area contributed by atoms with Gasteiger partial charge in [0, 0.05) is 5.69 Å². The van der Waals surface area contributed by atoms with Gasteiger partial charge in [-0.3, -0.25) is 19.4 Å². The number of halogens is 1. The van der Waals surface area contributed by atoms with E-state index in [0.717, 1.165) is 10.5 Å². The van der Waals surface area contributed by atoms with E-state index in [4.69, 9.17) is 16.3 Å². The van der Waals surface area contributed by atoms with Gasteiger partial charge in [-0.1, -0.05) is 42.8 Å². The van der Waals surface area contributed by atoms with Crippen molar-refractivity contribution < 1.29 is 19.1 Å². The molecule has 2 aliphatic rings. The van der Waals surface area contributed by atoms with Crippen molar-refractivity contribution in [3.63, 3.8) is 0 Å². The van der Waals surface area contributed by atoms with Gasteiger partial charge in [0.1, 0.15) is 12.3 Å². The first-order valence-electron chi connectivity index (χ1n) is 10.1. The molecule has 2 aromatic carbocycles. The highest BCUT2D eigenvalue weighted by atomic mass is 35.5. The molecule has 0 unspecified atom stereocenters. The maximum absolute atomic E-state index is 13.1. The number of anilines is 2.